The maximum absolute atomic E-state index is 6.17. The number of aliphatic imine (C=N–C) groups is 1. The number of ether oxygens (including phenoxy) is 1. The molecule has 0 radical (unpaired) electrons. The van der Waals surface area contributed by atoms with Gasteiger partial charge in [0.25, 0.3) is 0 Å². The molecule has 302 valence electrons. The lowest BCUT2D eigenvalue weighted by molar-refractivity contribution is 0.0867. The molecule has 1 aromatic carbocycles. The summed E-state index contributed by atoms with van der Waals surface area (Å²) in [5, 5.41) is 0. The number of unbranched alkanes of at least 4 members (excludes halogenated alkanes) is 3. The minimum absolute atomic E-state index is 0.615. The van der Waals surface area contributed by atoms with Crippen molar-refractivity contribution in [3.05, 3.63) is 71.0 Å². The molecule has 0 spiro atoms. The fourth-order valence-corrected chi connectivity index (χ4v) is 12.7. The molecule has 5 fully saturated rings. The molecule has 0 bridgehead atoms. The van der Waals surface area contributed by atoms with Crippen molar-refractivity contribution < 1.29 is 4.74 Å². The van der Waals surface area contributed by atoms with Gasteiger partial charge in [-0.25, -0.2) is 0 Å². The van der Waals surface area contributed by atoms with Crippen LogP contribution in [0.15, 0.2) is 70.4 Å². The highest BCUT2D eigenvalue weighted by Crippen LogP contribution is 2.55. The lowest BCUT2D eigenvalue weighted by atomic mass is 9.60. The Labute approximate surface area is 337 Å². The van der Waals surface area contributed by atoms with Gasteiger partial charge in [0.2, 0.25) is 0 Å². The van der Waals surface area contributed by atoms with Crippen LogP contribution in [0.5, 0.6) is 5.75 Å². The van der Waals surface area contributed by atoms with Gasteiger partial charge in [0.05, 0.1) is 6.61 Å². The number of benzene rings is 1. The summed E-state index contributed by atoms with van der Waals surface area (Å²) >= 11 is 0. The number of allylic oxidation sites excluding steroid dienone is 8. The number of hydrogen-bond acceptors (Lipinski definition) is 3. The molecular weight excluding hydrogens is 669 g/mol. The molecule has 1 saturated heterocycles. The van der Waals surface area contributed by atoms with Gasteiger partial charge in [0.1, 0.15) is 5.75 Å². The van der Waals surface area contributed by atoms with Crippen LogP contribution >= 0.6 is 0 Å². The number of fused-ring (bicyclic) bond motifs is 1. The molecule has 9 atom stereocenters. The molecule has 1 aromatic rings. The van der Waals surface area contributed by atoms with Gasteiger partial charge in [-0.3, -0.25) is 4.99 Å². The molecule has 1 heterocycles. The average molecular weight is 747 g/mol. The molecule has 7 rings (SSSR count). The fourth-order valence-electron chi connectivity index (χ4n) is 12.7. The highest BCUT2D eigenvalue weighted by Gasteiger charge is 2.50. The molecule has 4 saturated carbocycles. The van der Waals surface area contributed by atoms with Gasteiger partial charge < -0.3 is 9.64 Å². The van der Waals surface area contributed by atoms with E-state index in [1.54, 1.807) is 5.70 Å². The van der Waals surface area contributed by atoms with E-state index in [1.165, 1.54) is 137 Å². The van der Waals surface area contributed by atoms with Gasteiger partial charge in [0, 0.05) is 42.4 Å². The topological polar surface area (TPSA) is 24.8 Å². The first-order chi connectivity index (χ1) is 27.0. The van der Waals surface area contributed by atoms with Crippen molar-refractivity contribution in [2.24, 2.45) is 52.3 Å². The van der Waals surface area contributed by atoms with Crippen LogP contribution in [0.1, 0.15) is 169 Å². The Hall–Kier alpha value is -2.55. The standard InChI is InChI=1S/C52H78N2O/c1-6-9-32-53-47(45-21-13-18-39-17-12-16-38(5)50(39)45)30-26-42-35-37(4)36-43(51(42)41-24-28-44(29-25-41)55-34-11-8-3)27-31-48-46-22-14-19-40-20-15-23-49(52(40)46)54(48)33-10-7-2/h24-31,37-40,45-46,49-50,52H,6-23,32-36H2,1-5H3/b30-26+,43-27+,48-31+,53-47+. The Morgan fingerprint density at radius 3 is 2.24 bits per heavy atom. The maximum Gasteiger partial charge on any atom is 0.119 e. The summed E-state index contributed by atoms with van der Waals surface area (Å²) in [4.78, 5) is 8.42. The molecule has 0 amide bonds. The Balaban J connectivity index is 1.28. The number of likely N-dealkylation sites (tertiary alicyclic amines) is 1. The minimum Gasteiger partial charge on any atom is -0.494 e. The highest BCUT2D eigenvalue weighted by atomic mass is 16.5. The van der Waals surface area contributed by atoms with Gasteiger partial charge in [-0.05, 0) is 133 Å². The van der Waals surface area contributed by atoms with Gasteiger partial charge in [-0.2, -0.15) is 0 Å². The van der Waals surface area contributed by atoms with Crippen LogP contribution in [0.25, 0.3) is 5.57 Å². The second kappa shape index (κ2) is 19.7. The summed E-state index contributed by atoms with van der Waals surface area (Å²) in [6.45, 7) is 15.0. The van der Waals surface area contributed by atoms with E-state index in [0.717, 1.165) is 86.1 Å². The molecule has 5 aliphatic carbocycles. The Morgan fingerprint density at radius 1 is 0.764 bits per heavy atom. The molecule has 0 N–H and O–H groups in total. The monoisotopic (exact) mass is 747 g/mol. The zero-order valence-electron chi connectivity index (χ0n) is 35.9. The van der Waals surface area contributed by atoms with E-state index in [4.69, 9.17) is 9.73 Å². The van der Waals surface area contributed by atoms with Gasteiger partial charge >= 0.3 is 0 Å². The summed E-state index contributed by atoms with van der Waals surface area (Å²) in [7, 11) is 0. The van der Waals surface area contributed by atoms with Crippen molar-refractivity contribution in [3.8, 4) is 5.75 Å². The van der Waals surface area contributed by atoms with E-state index >= 15 is 0 Å². The molecule has 6 aliphatic rings. The Morgan fingerprint density at radius 2 is 1.47 bits per heavy atom. The SMILES string of the molecule is CCCC/N=C(\C=C\C1=C(c2ccc(OCCCC)cc2)C(=C/C=C2\C3CCCC4CCCC(C43)N2CCCC)/CC(C)C1)C1CCCC2CCCC(C)C21. The van der Waals surface area contributed by atoms with Crippen molar-refractivity contribution in [2.45, 2.75) is 169 Å². The second-order valence-electron chi connectivity index (χ2n) is 19.1. The zero-order valence-corrected chi connectivity index (χ0v) is 35.9. The molecular formula is C52H78N2O. The second-order valence-corrected chi connectivity index (χ2v) is 19.1. The molecule has 3 heteroatoms. The van der Waals surface area contributed by atoms with Crippen molar-refractivity contribution in [1.82, 2.24) is 4.90 Å². The Kier molecular flexibility index (Phi) is 14.6. The summed E-state index contributed by atoms with van der Waals surface area (Å²) in [6, 6.07) is 9.95. The predicted molar refractivity (Wildman–Crippen MR) is 236 cm³/mol. The van der Waals surface area contributed by atoms with E-state index in [2.05, 4.69) is 88.1 Å². The summed E-state index contributed by atoms with van der Waals surface area (Å²) < 4.78 is 6.17. The van der Waals surface area contributed by atoms with E-state index in [0.29, 0.717) is 11.8 Å². The van der Waals surface area contributed by atoms with Crippen LogP contribution < -0.4 is 4.74 Å². The molecule has 55 heavy (non-hydrogen) atoms. The van der Waals surface area contributed by atoms with Crippen LogP contribution in [0, 0.1) is 47.3 Å². The van der Waals surface area contributed by atoms with E-state index in [9.17, 15) is 0 Å². The first-order valence-electron chi connectivity index (χ1n) is 23.9. The van der Waals surface area contributed by atoms with Crippen LogP contribution in [0.3, 0.4) is 0 Å². The molecule has 9 unspecified atom stereocenters. The van der Waals surface area contributed by atoms with Gasteiger partial charge in [-0.1, -0.05) is 136 Å². The zero-order chi connectivity index (χ0) is 38.1. The normalized spacial score (nSPS) is 34.1. The Bertz CT molecular complexity index is 1540. The molecule has 1 aliphatic heterocycles. The minimum atomic E-state index is 0.615. The van der Waals surface area contributed by atoms with Crippen LogP contribution in [0.2, 0.25) is 0 Å². The third-order valence-electron chi connectivity index (χ3n) is 15.3. The van der Waals surface area contributed by atoms with E-state index in [-0.39, 0.29) is 0 Å². The molecule has 3 nitrogen and oxygen atoms in total. The maximum atomic E-state index is 6.17. The van der Waals surface area contributed by atoms with Crippen LogP contribution in [0.4, 0.5) is 0 Å². The number of rotatable bonds is 15. The average Bonchev–Trinajstić information content (AvgIpc) is 3.51. The summed E-state index contributed by atoms with van der Waals surface area (Å²) in [6.07, 6.45) is 36.8. The van der Waals surface area contributed by atoms with E-state index < -0.39 is 0 Å². The third kappa shape index (κ3) is 9.44. The summed E-state index contributed by atoms with van der Waals surface area (Å²) in [5.74, 6) is 7.34. The fraction of sp³-hybridized carbons (Fsp3) is 0.712. The van der Waals surface area contributed by atoms with Crippen molar-refractivity contribution >= 4 is 11.3 Å². The smallest absolute Gasteiger partial charge is 0.119 e. The largest absolute Gasteiger partial charge is 0.494 e. The predicted octanol–water partition coefficient (Wildman–Crippen LogP) is 14.2. The lowest BCUT2D eigenvalue weighted by Gasteiger charge is -2.45. The molecule has 0 aromatic heterocycles. The van der Waals surface area contributed by atoms with Crippen molar-refractivity contribution in [3.63, 3.8) is 0 Å². The van der Waals surface area contributed by atoms with Crippen LogP contribution in [-0.2, 0) is 0 Å². The van der Waals surface area contributed by atoms with Crippen LogP contribution in [-0.4, -0.2) is 36.3 Å². The van der Waals surface area contributed by atoms with E-state index in [1.807, 2.05) is 0 Å². The van der Waals surface area contributed by atoms with Crippen molar-refractivity contribution in [2.75, 3.05) is 19.7 Å². The summed E-state index contributed by atoms with van der Waals surface area (Å²) in [5.41, 5.74) is 8.98. The number of hydrogen-bond donors (Lipinski definition) is 0. The first-order valence-corrected chi connectivity index (χ1v) is 23.9. The first kappa shape index (κ1) is 40.6. The lowest BCUT2D eigenvalue weighted by Crippen LogP contribution is -2.40. The number of nitrogens with zero attached hydrogens (tertiary/aromatic N) is 2. The van der Waals surface area contributed by atoms with Crippen molar-refractivity contribution in [1.29, 1.82) is 0 Å². The quantitative estimate of drug-likeness (QED) is 0.132. The third-order valence-corrected chi connectivity index (χ3v) is 15.3. The highest BCUT2D eigenvalue weighted by molar-refractivity contribution is 5.98. The van der Waals surface area contributed by atoms with Gasteiger partial charge in [0.15, 0.2) is 0 Å². The van der Waals surface area contributed by atoms with Gasteiger partial charge in [-0.15, -0.1) is 0 Å².